The van der Waals surface area contributed by atoms with E-state index in [2.05, 4.69) is 5.32 Å². The van der Waals surface area contributed by atoms with E-state index in [9.17, 15) is 14.4 Å². The summed E-state index contributed by atoms with van der Waals surface area (Å²) in [5.74, 6) is 0.360. The van der Waals surface area contributed by atoms with E-state index in [1.807, 2.05) is 41.3 Å². The number of aromatic nitrogens is 1. The molecular formula is C21H23N3O3. The molecule has 1 aromatic heterocycles. The van der Waals surface area contributed by atoms with E-state index < -0.39 is 0 Å². The summed E-state index contributed by atoms with van der Waals surface area (Å²) in [5, 5.41) is 2.76. The molecule has 2 unspecified atom stereocenters. The highest BCUT2D eigenvalue weighted by atomic mass is 16.2. The van der Waals surface area contributed by atoms with Crippen molar-refractivity contribution in [1.82, 2.24) is 9.47 Å². The molecule has 140 valence electrons. The molecule has 0 aliphatic carbocycles. The molecule has 1 saturated heterocycles. The van der Waals surface area contributed by atoms with Crippen LogP contribution in [0.5, 0.6) is 0 Å². The van der Waals surface area contributed by atoms with E-state index in [1.54, 1.807) is 17.6 Å². The number of nitrogens with zero attached hydrogens (tertiary/aromatic N) is 2. The minimum absolute atomic E-state index is 0.0882. The van der Waals surface area contributed by atoms with Crippen molar-refractivity contribution < 1.29 is 9.59 Å². The molecule has 0 radical (unpaired) electrons. The summed E-state index contributed by atoms with van der Waals surface area (Å²) in [5.41, 5.74) is 2.04. The first kappa shape index (κ1) is 17.5. The van der Waals surface area contributed by atoms with Crippen molar-refractivity contribution in [2.45, 2.75) is 32.2 Å². The largest absolute Gasteiger partial charge is 0.342 e. The first-order valence-electron chi connectivity index (χ1n) is 9.34. The van der Waals surface area contributed by atoms with E-state index in [0.29, 0.717) is 25.3 Å². The number of piperidine rings is 1. The van der Waals surface area contributed by atoms with Gasteiger partial charge in [-0.3, -0.25) is 14.4 Å². The van der Waals surface area contributed by atoms with Gasteiger partial charge in [-0.25, -0.2) is 0 Å². The molecule has 1 aromatic carbocycles. The molecule has 6 heteroatoms. The van der Waals surface area contributed by atoms with E-state index in [4.69, 9.17) is 0 Å². The van der Waals surface area contributed by atoms with Gasteiger partial charge in [0.15, 0.2) is 0 Å². The molecular weight excluding hydrogens is 342 g/mol. The fourth-order valence-corrected chi connectivity index (χ4v) is 4.27. The Morgan fingerprint density at radius 1 is 1.07 bits per heavy atom. The number of amides is 2. The Balaban J connectivity index is 1.54. The monoisotopic (exact) mass is 365 g/mol. The number of fused-ring (bicyclic) bond motifs is 4. The molecule has 2 amide bonds. The summed E-state index contributed by atoms with van der Waals surface area (Å²) < 4.78 is 1.79. The van der Waals surface area contributed by atoms with Gasteiger partial charge < -0.3 is 14.8 Å². The van der Waals surface area contributed by atoms with Gasteiger partial charge in [0, 0.05) is 38.2 Å². The normalized spacial score (nSPS) is 20.7. The van der Waals surface area contributed by atoms with Gasteiger partial charge in [0.2, 0.25) is 11.8 Å². The first-order valence-corrected chi connectivity index (χ1v) is 9.34. The maximum Gasteiger partial charge on any atom is 0.274 e. The minimum atomic E-state index is -0.197. The van der Waals surface area contributed by atoms with Gasteiger partial charge in [0.1, 0.15) is 5.69 Å². The van der Waals surface area contributed by atoms with Crippen LogP contribution in [0.1, 0.15) is 30.5 Å². The fraction of sp³-hybridized carbons (Fsp3) is 0.381. The van der Waals surface area contributed by atoms with Crippen molar-refractivity contribution >= 4 is 17.5 Å². The predicted octanol–water partition coefficient (Wildman–Crippen LogP) is 2.00. The lowest BCUT2D eigenvalue weighted by molar-refractivity contribution is -0.131. The zero-order valence-corrected chi connectivity index (χ0v) is 15.4. The second-order valence-electron chi connectivity index (χ2n) is 7.52. The van der Waals surface area contributed by atoms with Gasteiger partial charge in [0.25, 0.3) is 5.56 Å². The van der Waals surface area contributed by atoms with Crippen LogP contribution < -0.4 is 10.9 Å². The number of nitrogens with one attached hydrogen (secondary N) is 1. The lowest BCUT2D eigenvalue weighted by atomic mass is 9.83. The van der Waals surface area contributed by atoms with E-state index in [1.165, 1.54) is 0 Å². The average Bonchev–Trinajstić information content (AvgIpc) is 2.65. The summed E-state index contributed by atoms with van der Waals surface area (Å²) >= 11 is 0. The summed E-state index contributed by atoms with van der Waals surface area (Å²) in [6.45, 7) is 3.55. The van der Waals surface area contributed by atoms with Crippen LogP contribution in [0.25, 0.3) is 0 Å². The lowest BCUT2D eigenvalue weighted by Crippen LogP contribution is -2.48. The van der Waals surface area contributed by atoms with E-state index in [-0.39, 0.29) is 35.6 Å². The standard InChI is InChI=1S/C21H23N3O3/c1-14(25)23-11-16-9-17(13-23)19-8-7-18(21(27)24(19)12-16)22-20(26)10-15-5-3-2-4-6-15/h2-8,16-17H,9-13H2,1H3,(H,22,26). The van der Waals surface area contributed by atoms with Crippen LogP contribution in [-0.2, 0) is 22.6 Å². The Morgan fingerprint density at radius 2 is 1.85 bits per heavy atom. The second kappa shape index (κ2) is 7.02. The summed E-state index contributed by atoms with van der Waals surface area (Å²) in [4.78, 5) is 38.8. The third kappa shape index (κ3) is 3.52. The van der Waals surface area contributed by atoms with Crippen molar-refractivity contribution in [3.05, 3.63) is 64.1 Å². The summed E-state index contributed by atoms with van der Waals surface area (Å²) in [7, 11) is 0. The Hall–Kier alpha value is -2.89. The zero-order chi connectivity index (χ0) is 19.0. The van der Waals surface area contributed by atoms with Gasteiger partial charge >= 0.3 is 0 Å². The highest BCUT2D eigenvalue weighted by Gasteiger charge is 2.35. The third-order valence-corrected chi connectivity index (χ3v) is 5.53. The molecule has 1 N–H and O–H groups in total. The van der Waals surface area contributed by atoms with Crippen molar-refractivity contribution in [3.63, 3.8) is 0 Å². The van der Waals surface area contributed by atoms with Crippen LogP contribution in [0.15, 0.2) is 47.3 Å². The first-order chi connectivity index (χ1) is 13.0. The molecule has 3 heterocycles. The predicted molar refractivity (Wildman–Crippen MR) is 103 cm³/mol. The molecule has 2 bridgehead atoms. The van der Waals surface area contributed by atoms with Gasteiger partial charge in [-0.2, -0.15) is 0 Å². The Morgan fingerprint density at radius 3 is 2.59 bits per heavy atom. The SMILES string of the molecule is CC(=O)N1CC2CC(C1)c1ccc(NC(=O)Cc3ccccc3)c(=O)n1C2. The molecule has 4 rings (SSSR count). The van der Waals surface area contributed by atoms with E-state index >= 15 is 0 Å². The lowest BCUT2D eigenvalue weighted by Gasteiger charge is -2.42. The van der Waals surface area contributed by atoms with Gasteiger partial charge in [-0.15, -0.1) is 0 Å². The average molecular weight is 365 g/mol. The number of rotatable bonds is 3. The molecule has 1 fully saturated rings. The van der Waals surface area contributed by atoms with Crippen LogP contribution in [0, 0.1) is 5.92 Å². The quantitative estimate of drug-likeness (QED) is 0.904. The van der Waals surface area contributed by atoms with Gasteiger partial charge in [0.05, 0.1) is 6.42 Å². The van der Waals surface area contributed by atoms with Crippen molar-refractivity contribution in [2.24, 2.45) is 5.92 Å². The number of likely N-dealkylation sites (tertiary alicyclic amines) is 1. The minimum Gasteiger partial charge on any atom is -0.342 e. The third-order valence-electron chi connectivity index (χ3n) is 5.53. The molecule has 0 saturated carbocycles. The highest BCUT2D eigenvalue weighted by Crippen LogP contribution is 2.35. The highest BCUT2D eigenvalue weighted by molar-refractivity contribution is 5.92. The van der Waals surface area contributed by atoms with Crippen LogP contribution in [0.4, 0.5) is 5.69 Å². The topological polar surface area (TPSA) is 71.4 Å². The second-order valence-corrected chi connectivity index (χ2v) is 7.52. The number of benzene rings is 1. The Bertz CT molecular complexity index is 935. The number of carbonyl (C=O) groups is 2. The van der Waals surface area contributed by atoms with Crippen LogP contribution in [0.3, 0.4) is 0 Å². The number of hydrogen-bond acceptors (Lipinski definition) is 3. The van der Waals surface area contributed by atoms with Gasteiger partial charge in [-0.1, -0.05) is 30.3 Å². The zero-order valence-electron chi connectivity index (χ0n) is 15.4. The van der Waals surface area contributed by atoms with Crippen LogP contribution >= 0.6 is 0 Å². The number of hydrogen-bond donors (Lipinski definition) is 1. The van der Waals surface area contributed by atoms with Gasteiger partial charge in [-0.05, 0) is 30.0 Å². The van der Waals surface area contributed by atoms with Crippen LogP contribution in [0.2, 0.25) is 0 Å². The van der Waals surface area contributed by atoms with Crippen molar-refractivity contribution in [1.29, 1.82) is 0 Å². The molecule has 27 heavy (non-hydrogen) atoms. The fourth-order valence-electron chi connectivity index (χ4n) is 4.27. The van der Waals surface area contributed by atoms with Crippen LogP contribution in [-0.4, -0.2) is 34.4 Å². The molecule has 2 aromatic rings. The number of anilines is 1. The maximum absolute atomic E-state index is 12.9. The molecule has 2 aliphatic heterocycles. The molecule has 6 nitrogen and oxygen atoms in total. The Kier molecular flexibility index (Phi) is 4.56. The van der Waals surface area contributed by atoms with E-state index in [0.717, 1.165) is 17.7 Å². The number of carbonyl (C=O) groups excluding carboxylic acids is 2. The van der Waals surface area contributed by atoms with Crippen molar-refractivity contribution in [2.75, 3.05) is 18.4 Å². The molecule has 2 aliphatic rings. The maximum atomic E-state index is 12.9. The van der Waals surface area contributed by atoms with Crippen molar-refractivity contribution in [3.8, 4) is 0 Å². The molecule has 0 spiro atoms. The summed E-state index contributed by atoms with van der Waals surface area (Å²) in [6, 6.07) is 13.1. The smallest absolute Gasteiger partial charge is 0.274 e. The Labute approximate surface area is 157 Å². The number of pyridine rings is 1. The molecule has 2 atom stereocenters. The summed E-state index contributed by atoms with van der Waals surface area (Å²) in [6.07, 6.45) is 1.24.